The Morgan fingerprint density at radius 2 is 1.91 bits per heavy atom. The smallest absolute Gasteiger partial charge is 0.325 e. The normalized spacial score (nSPS) is 9.83. The SMILES string of the molecule is CNC(=O)c1cnc(Oc2ccc(NC(N)=O)cc2)nc1OC. The fourth-order valence-electron chi connectivity index (χ4n) is 1.70. The predicted octanol–water partition coefficient (Wildman–Crippen LogP) is 1.13. The number of ether oxygens (including phenoxy) is 2. The highest BCUT2D eigenvalue weighted by molar-refractivity contribution is 5.95. The number of amides is 3. The predicted molar refractivity (Wildman–Crippen MR) is 81.7 cm³/mol. The Kier molecular flexibility index (Phi) is 4.92. The molecule has 2 aromatic rings. The number of rotatable bonds is 5. The molecule has 2 rings (SSSR count). The lowest BCUT2D eigenvalue weighted by Gasteiger charge is -2.09. The minimum absolute atomic E-state index is 0.0186. The van der Waals surface area contributed by atoms with Gasteiger partial charge in [-0.05, 0) is 24.3 Å². The second kappa shape index (κ2) is 7.07. The number of nitrogens with two attached hydrogens (primary N) is 1. The first-order valence-electron chi connectivity index (χ1n) is 6.51. The Morgan fingerprint density at radius 1 is 1.22 bits per heavy atom. The molecule has 0 saturated carbocycles. The highest BCUT2D eigenvalue weighted by Crippen LogP contribution is 2.23. The van der Waals surface area contributed by atoms with Crippen LogP contribution in [0.15, 0.2) is 30.5 Å². The number of primary amides is 1. The molecular formula is C14H15N5O4. The minimum Gasteiger partial charge on any atom is -0.480 e. The van der Waals surface area contributed by atoms with Crippen molar-refractivity contribution in [2.24, 2.45) is 5.73 Å². The Balaban J connectivity index is 2.16. The lowest BCUT2D eigenvalue weighted by Crippen LogP contribution is -2.19. The van der Waals surface area contributed by atoms with Gasteiger partial charge < -0.3 is 25.8 Å². The van der Waals surface area contributed by atoms with E-state index >= 15 is 0 Å². The number of nitrogens with one attached hydrogen (secondary N) is 2. The zero-order valence-corrected chi connectivity index (χ0v) is 12.5. The van der Waals surface area contributed by atoms with Crippen LogP contribution in [-0.2, 0) is 0 Å². The van der Waals surface area contributed by atoms with Gasteiger partial charge in [0.2, 0.25) is 5.88 Å². The fraction of sp³-hybridized carbons (Fsp3) is 0.143. The summed E-state index contributed by atoms with van der Waals surface area (Å²) in [5, 5.41) is 4.89. The van der Waals surface area contributed by atoms with E-state index in [1.165, 1.54) is 20.4 Å². The van der Waals surface area contributed by atoms with Crippen molar-refractivity contribution in [3.05, 3.63) is 36.0 Å². The van der Waals surface area contributed by atoms with Gasteiger partial charge in [0, 0.05) is 12.7 Å². The van der Waals surface area contributed by atoms with Crippen molar-refractivity contribution in [3.63, 3.8) is 0 Å². The molecule has 0 unspecified atom stereocenters. The van der Waals surface area contributed by atoms with Crippen LogP contribution < -0.4 is 25.8 Å². The molecule has 23 heavy (non-hydrogen) atoms. The van der Waals surface area contributed by atoms with E-state index in [4.69, 9.17) is 15.2 Å². The molecule has 1 aromatic heterocycles. The van der Waals surface area contributed by atoms with Crippen LogP contribution in [0, 0.1) is 0 Å². The van der Waals surface area contributed by atoms with E-state index in [9.17, 15) is 9.59 Å². The van der Waals surface area contributed by atoms with Crippen LogP contribution in [0.25, 0.3) is 0 Å². The number of carbonyl (C=O) groups excluding carboxylic acids is 2. The highest BCUT2D eigenvalue weighted by Gasteiger charge is 2.15. The number of hydrogen-bond donors (Lipinski definition) is 3. The molecule has 9 nitrogen and oxygen atoms in total. The van der Waals surface area contributed by atoms with E-state index in [-0.39, 0.29) is 23.4 Å². The number of carbonyl (C=O) groups is 2. The zero-order valence-electron chi connectivity index (χ0n) is 12.5. The molecule has 0 bridgehead atoms. The molecule has 0 spiro atoms. The van der Waals surface area contributed by atoms with E-state index in [0.29, 0.717) is 11.4 Å². The van der Waals surface area contributed by atoms with Crippen LogP contribution in [0.4, 0.5) is 10.5 Å². The van der Waals surface area contributed by atoms with Crippen molar-refractivity contribution in [1.29, 1.82) is 0 Å². The molecule has 0 radical (unpaired) electrons. The van der Waals surface area contributed by atoms with Crippen LogP contribution in [0.5, 0.6) is 17.6 Å². The molecule has 3 amide bonds. The summed E-state index contributed by atoms with van der Waals surface area (Å²) >= 11 is 0. The number of benzene rings is 1. The van der Waals surface area contributed by atoms with Gasteiger partial charge in [-0.1, -0.05) is 0 Å². The van der Waals surface area contributed by atoms with Gasteiger partial charge in [-0.2, -0.15) is 4.98 Å². The van der Waals surface area contributed by atoms with Gasteiger partial charge in [-0.15, -0.1) is 0 Å². The molecule has 9 heteroatoms. The second-order valence-electron chi connectivity index (χ2n) is 4.27. The number of nitrogens with zero attached hydrogens (tertiary/aromatic N) is 2. The molecule has 0 fully saturated rings. The van der Waals surface area contributed by atoms with Gasteiger partial charge >= 0.3 is 12.0 Å². The summed E-state index contributed by atoms with van der Waals surface area (Å²) in [5.41, 5.74) is 5.74. The summed E-state index contributed by atoms with van der Waals surface area (Å²) in [7, 11) is 2.89. The average Bonchev–Trinajstić information content (AvgIpc) is 2.55. The molecular weight excluding hydrogens is 302 g/mol. The molecule has 0 aliphatic rings. The Labute approximate surface area is 131 Å². The number of aromatic nitrogens is 2. The zero-order chi connectivity index (χ0) is 16.8. The Morgan fingerprint density at radius 3 is 2.48 bits per heavy atom. The van der Waals surface area contributed by atoms with Crippen LogP contribution in [0.1, 0.15) is 10.4 Å². The van der Waals surface area contributed by atoms with Crippen molar-refractivity contribution in [3.8, 4) is 17.6 Å². The topological polar surface area (TPSA) is 128 Å². The average molecular weight is 317 g/mol. The summed E-state index contributed by atoms with van der Waals surface area (Å²) in [5.74, 6) is 0.173. The Hall–Kier alpha value is -3.36. The maximum atomic E-state index is 11.6. The van der Waals surface area contributed by atoms with Crippen LogP contribution >= 0.6 is 0 Å². The van der Waals surface area contributed by atoms with Gasteiger partial charge in [0.15, 0.2) is 0 Å². The van der Waals surface area contributed by atoms with Crippen molar-refractivity contribution < 1.29 is 19.1 Å². The highest BCUT2D eigenvalue weighted by atomic mass is 16.5. The van der Waals surface area contributed by atoms with E-state index in [2.05, 4.69) is 20.6 Å². The van der Waals surface area contributed by atoms with E-state index in [1.54, 1.807) is 24.3 Å². The third-order valence-corrected chi connectivity index (χ3v) is 2.73. The molecule has 4 N–H and O–H groups in total. The van der Waals surface area contributed by atoms with Gasteiger partial charge in [0.25, 0.3) is 5.91 Å². The molecule has 1 heterocycles. The van der Waals surface area contributed by atoms with Crippen molar-refractivity contribution in [2.75, 3.05) is 19.5 Å². The third kappa shape index (κ3) is 4.06. The van der Waals surface area contributed by atoms with Gasteiger partial charge in [-0.3, -0.25) is 4.79 Å². The number of anilines is 1. The summed E-state index contributed by atoms with van der Waals surface area (Å²) in [6.07, 6.45) is 1.31. The molecule has 0 atom stereocenters. The van der Waals surface area contributed by atoms with E-state index in [0.717, 1.165) is 0 Å². The Bertz CT molecular complexity index is 718. The summed E-state index contributed by atoms with van der Waals surface area (Å²) in [6.45, 7) is 0. The third-order valence-electron chi connectivity index (χ3n) is 2.73. The van der Waals surface area contributed by atoms with Crippen molar-refractivity contribution in [2.45, 2.75) is 0 Å². The fourth-order valence-corrected chi connectivity index (χ4v) is 1.70. The largest absolute Gasteiger partial charge is 0.480 e. The maximum Gasteiger partial charge on any atom is 0.325 e. The monoisotopic (exact) mass is 317 g/mol. The minimum atomic E-state index is -0.656. The first kappa shape index (κ1) is 16.0. The molecule has 1 aromatic carbocycles. The summed E-state index contributed by atoms with van der Waals surface area (Å²) in [4.78, 5) is 30.4. The van der Waals surface area contributed by atoms with E-state index in [1.807, 2.05) is 0 Å². The van der Waals surface area contributed by atoms with Gasteiger partial charge in [0.1, 0.15) is 11.3 Å². The lowest BCUT2D eigenvalue weighted by molar-refractivity contribution is 0.0958. The van der Waals surface area contributed by atoms with E-state index < -0.39 is 6.03 Å². The van der Waals surface area contributed by atoms with Crippen molar-refractivity contribution >= 4 is 17.6 Å². The number of urea groups is 1. The summed E-state index contributed by atoms with van der Waals surface area (Å²) in [6, 6.07) is 5.79. The number of hydrogen-bond acceptors (Lipinski definition) is 6. The quantitative estimate of drug-likeness (QED) is 0.758. The number of methoxy groups -OCH3 is 1. The van der Waals surface area contributed by atoms with Gasteiger partial charge in [-0.25, -0.2) is 9.78 Å². The first-order chi connectivity index (χ1) is 11.0. The van der Waals surface area contributed by atoms with Crippen LogP contribution in [0.3, 0.4) is 0 Å². The van der Waals surface area contributed by atoms with Crippen LogP contribution in [0.2, 0.25) is 0 Å². The summed E-state index contributed by atoms with van der Waals surface area (Å²) < 4.78 is 10.5. The first-order valence-corrected chi connectivity index (χ1v) is 6.51. The lowest BCUT2D eigenvalue weighted by atomic mass is 10.3. The van der Waals surface area contributed by atoms with Gasteiger partial charge in [0.05, 0.1) is 13.3 Å². The molecule has 120 valence electrons. The molecule has 0 saturated heterocycles. The molecule has 0 aliphatic heterocycles. The van der Waals surface area contributed by atoms with Crippen LogP contribution in [-0.4, -0.2) is 36.1 Å². The van der Waals surface area contributed by atoms with Crippen molar-refractivity contribution in [1.82, 2.24) is 15.3 Å². The molecule has 0 aliphatic carbocycles. The second-order valence-corrected chi connectivity index (χ2v) is 4.27. The standard InChI is InChI=1S/C14H15N5O4/c1-16-11(20)10-7-17-14(19-12(10)22-2)23-9-5-3-8(4-6-9)18-13(15)21/h3-7H,1-2H3,(H,16,20)(H3,15,18,21). The maximum absolute atomic E-state index is 11.6.